The van der Waals surface area contributed by atoms with E-state index in [1.165, 1.54) is 41.5 Å². The molecule has 7 nitrogen and oxygen atoms in total. The summed E-state index contributed by atoms with van der Waals surface area (Å²) in [6, 6.07) is -2.47. The van der Waals surface area contributed by atoms with Crippen LogP contribution in [0.3, 0.4) is 0 Å². The average molecular weight is 363 g/mol. The van der Waals surface area contributed by atoms with Crippen molar-refractivity contribution in [2.75, 3.05) is 0 Å². The highest BCUT2D eigenvalue weighted by atomic mass is 32.2. The molecule has 0 saturated heterocycles. The van der Waals surface area contributed by atoms with E-state index in [4.69, 9.17) is 9.47 Å². The molecular formula is C12H20F3NO6S. The molecule has 0 aliphatic rings. The van der Waals surface area contributed by atoms with Gasteiger partial charge in [0.05, 0.1) is 0 Å². The summed E-state index contributed by atoms with van der Waals surface area (Å²) in [6.45, 7) is 8.39. The van der Waals surface area contributed by atoms with Gasteiger partial charge in [-0.1, -0.05) is 0 Å². The van der Waals surface area contributed by atoms with Crippen LogP contribution < -0.4 is 4.72 Å². The lowest BCUT2D eigenvalue weighted by molar-refractivity contribution is -0.169. The lowest BCUT2D eigenvalue weighted by Gasteiger charge is -2.26. The predicted molar refractivity (Wildman–Crippen MR) is 73.6 cm³/mol. The van der Waals surface area contributed by atoms with Gasteiger partial charge >= 0.3 is 27.5 Å². The first kappa shape index (κ1) is 21.6. The normalized spacial score (nSPS) is 13.8. The Morgan fingerprint density at radius 1 is 0.870 bits per heavy atom. The van der Waals surface area contributed by atoms with E-state index in [0.29, 0.717) is 0 Å². The highest BCUT2D eigenvalue weighted by Gasteiger charge is 2.50. The van der Waals surface area contributed by atoms with E-state index in [1.807, 2.05) is 0 Å². The monoisotopic (exact) mass is 363 g/mol. The van der Waals surface area contributed by atoms with Gasteiger partial charge in [-0.2, -0.15) is 17.9 Å². The Hall–Kier alpha value is -1.36. The van der Waals surface area contributed by atoms with Crippen LogP contribution in [0.5, 0.6) is 0 Å². The highest BCUT2D eigenvalue weighted by Crippen LogP contribution is 2.23. The molecular weight excluding hydrogens is 343 g/mol. The number of sulfonamides is 1. The molecule has 0 fully saturated rings. The average Bonchev–Trinajstić information content (AvgIpc) is 2.18. The molecule has 0 aliphatic carbocycles. The predicted octanol–water partition coefficient (Wildman–Crippen LogP) is 1.48. The number of carbonyl (C=O) groups excluding carboxylic acids is 2. The summed E-state index contributed by atoms with van der Waals surface area (Å²) in [7, 11) is -5.95. The van der Waals surface area contributed by atoms with Crippen LogP contribution in [0.15, 0.2) is 0 Å². The van der Waals surface area contributed by atoms with Crippen LogP contribution in [0.4, 0.5) is 13.2 Å². The van der Waals surface area contributed by atoms with Crippen LogP contribution in [0.2, 0.25) is 0 Å². The quantitative estimate of drug-likeness (QED) is 0.600. The standard InChI is InChI=1S/C12H20F3NO6S/c1-10(2,3)21-8(17)7(9(18)22-11(4,5)6)16-23(19,20)12(13,14)15/h7,16H,1-6H3. The third-order valence-corrected chi connectivity index (χ3v) is 3.02. The number of esters is 2. The smallest absolute Gasteiger partial charge is 0.458 e. The van der Waals surface area contributed by atoms with Gasteiger partial charge < -0.3 is 9.47 Å². The van der Waals surface area contributed by atoms with Crippen LogP contribution in [-0.4, -0.2) is 43.1 Å². The zero-order valence-electron chi connectivity index (χ0n) is 13.6. The second-order valence-corrected chi connectivity index (χ2v) is 8.27. The van der Waals surface area contributed by atoms with Crippen LogP contribution in [0.25, 0.3) is 0 Å². The Morgan fingerprint density at radius 3 is 1.39 bits per heavy atom. The molecule has 0 aliphatic heterocycles. The van der Waals surface area contributed by atoms with Crippen molar-refractivity contribution < 1.29 is 40.7 Å². The maximum absolute atomic E-state index is 12.4. The molecule has 0 rings (SSSR count). The minimum atomic E-state index is -5.95. The SMILES string of the molecule is CC(C)(C)OC(=O)C(NS(=O)(=O)C(F)(F)F)C(=O)OC(C)(C)C. The Labute approximate surface area is 132 Å². The maximum atomic E-state index is 12.4. The molecule has 0 heterocycles. The molecule has 0 saturated carbocycles. The number of hydrogen-bond donors (Lipinski definition) is 1. The van der Waals surface area contributed by atoms with Crippen LogP contribution in [-0.2, 0) is 29.1 Å². The van der Waals surface area contributed by atoms with Crippen molar-refractivity contribution in [2.24, 2.45) is 0 Å². The number of hydrogen-bond acceptors (Lipinski definition) is 6. The first-order valence-corrected chi connectivity index (χ1v) is 7.88. The molecule has 0 atom stereocenters. The zero-order chi connectivity index (χ0) is 18.9. The number of nitrogens with one attached hydrogen (secondary N) is 1. The number of ether oxygens (including phenoxy) is 2. The van der Waals surface area contributed by atoms with Gasteiger partial charge in [-0.3, -0.25) is 0 Å². The minimum Gasteiger partial charge on any atom is -0.458 e. The molecule has 136 valence electrons. The van der Waals surface area contributed by atoms with Crippen molar-refractivity contribution >= 4 is 22.0 Å². The van der Waals surface area contributed by atoms with Crippen LogP contribution >= 0.6 is 0 Å². The molecule has 0 amide bonds. The molecule has 0 aromatic heterocycles. The number of rotatable bonds is 4. The number of halogens is 3. The summed E-state index contributed by atoms with van der Waals surface area (Å²) in [6.07, 6.45) is 0. The summed E-state index contributed by atoms with van der Waals surface area (Å²) >= 11 is 0. The van der Waals surface area contributed by atoms with Crippen molar-refractivity contribution in [3.8, 4) is 0 Å². The van der Waals surface area contributed by atoms with Crippen molar-refractivity contribution in [1.82, 2.24) is 4.72 Å². The van der Waals surface area contributed by atoms with Gasteiger partial charge in [0.15, 0.2) is 0 Å². The van der Waals surface area contributed by atoms with Gasteiger partial charge in [0.25, 0.3) is 0 Å². The van der Waals surface area contributed by atoms with Crippen LogP contribution in [0, 0.1) is 0 Å². The van der Waals surface area contributed by atoms with Crippen molar-refractivity contribution in [1.29, 1.82) is 0 Å². The summed E-state index contributed by atoms with van der Waals surface area (Å²) in [5.74, 6) is -3.00. The third-order valence-electron chi connectivity index (χ3n) is 1.86. The van der Waals surface area contributed by atoms with E-state index in [1.54, 1.807) is 0 Å². The molecule has 0 unspecified atom stereocenters. The lowest BCUT2D eigenvalue weighted by Crippen LogP contribution is -2.53. The fourth-order valence-corrected chi connectivity index (χ4v) is 1.77. The van der Waals surface area contributed by atoms with Gasteiger partial charge in [0.1, 0.15) is 11.2 Å². The topological polar surface area (TPSA) is 98.8 Å². The van der Waals surface area contributed by atoms with E-state index in [-0.39, 0.29) is 0 Å². The Balaban J connectivity index is 5.57. The fourth-order valence-electron chi connectivity index (χ4n) is 1.14. The molecule has 0 aromatic carbocycles. The van der Waals surface area contributed by atoms with E-state index in [0.717, 1.165) is 4.72 Å². The van der Waals surface area contributed by atoms with E-state index in [2.05, 4.69) is 0 Å². The van der Waals surface area contributed by atoms with Gasteiger partial charge in [0, 0.05) is 0 Å². The number of alkyl halides is 3. The minimum absolute atomic E-state index is 0.976. The molecule has 0 radical (unpaired) electrons. The fraction of sp³-hybridized carbons (Fsp3) is 0.833. The summed E-state index contributed by atoms with van der Waals surface area (Å²) in [5, 5.41) is 0. The summed E-state index contributed by atoms with van der Waals surface area (Å²) in [4.78, 5) is 23.7. The van der Waals surface area contributed by atoms with Gasteiger partial charge in [0.2, 0.25) is 6.04 Å². The van der Waals surface area contributed by atoms with E-state index >= 15 is 0 Å². The molecule has 0 spiro atoms. The molecule has 11 heteroatoms. The highest BCUT2D eigenvalue weighted by molar-refractivity contribution is 7.90. The molecule has 0 bridgehead atoms. The Kier molecular flexibility index (Phi) is 6.24. The lowest BCUT2D eigenvalue weighted by atomic mass is 10.1. The van der Waals surface area contributed by atoms with Crippen molar-refractivity contribution in [3.05, 3.63) is 0 Å². The Morgan fingerprint density at radius 2 is 1.17 bits per heavy atom. The first-order valence-electron chi connectivity index (χ1n) is 6.40. The second-order valence-electron chi connectivity index (χ2n) is 6.57. The van der Waals surface area contributed by atoms with Crippen molar-refractivity contribution in [2.45, 2.75) is 64.3 Å². The van der Waals surface area contributed by atoms with Gasteiger partial charge in [-0.05, 0) is 41.5 Å². The largest absolute Gasteiger partial charge is 0.511 e. The van der Waals surface area contributed by atoms with E-state index in [9.17, 15) is 31.2 Å². The van der Waals surface area contributed by atoms with Crippen LogP contribution in [0.1, 0.15) is 41.5 Å². The second kappa shape index (κ2) is 6.63. The van der Waals surface area contributed by atoms with Gasteiger partial charge in [-0.15, -0.1) is 0 Å². The Bertz CT molecular complexity index is 529. The number of carbonyl (C=O) groups is 2. The summed E-state index contributed by atoms with van der Waals surface area (Å²) in [5.41, 5.74) is -8.00. The van der Waals surface area contributed by atoms with Gasteiger partial charge in [-0.25, -0.2) is 18.0 Å². The first-order chi connectivity index (χ1) is 9.86. The van der Waals surface area contributed by atoms with E-state index < -0.39 is 44.7 Å². The molecule has 23 heavy (non-hydrogen) atoms. The van der Waals surface area contributed by atoms with Crippen molar-refractivity contribution in [3.63, 3.8) is 0 Å². The summed E-state index contributed by atoms with van der Waals surface area (Å²) < 4.78 is 70.1. The maximum Gasteiger partial charge on any atom is 0.511 e. The molecule has 1 N–H and O–H groups in total. The zero-order valence-corrected chi connectivity index (χ0v) is 14.4. The molecule has 0 aromatic rings. The third kappa shape index (κ3) is 7.64.